The first-order valence-electron chi connectivity index (χ1n) is 13.8. The minimum Gasteiger partial charge on any atom is -0.211 e. The van der Waals surface area contributed by atoms with Crippen molar-refractivity contribution in [1.82, 2.24) is 0 Å². The van der Waals surface area contributed by atoms with E-state index in [0.29, 0.717) is 12.8 Å². The Labute approximate surface area is 231 Å². The van der Waals surface area contributed by atoms with Gasteiger partial charge in [0, 0.05) is 6.42 Å². The van der Waals surface area contributed by atoms with Gasteiger partial charge in [0.2, 0.25) is 6.08 Å². The summed E-state index contributed by atoms with van der Waals surface area (Å²) in [5.41, 5.74) is 0. The number of unbranched alkanes of at least 4 members (excludes halogenated alkanes) is 13. The summed E-state index contributed by atoms with van der Waals surface area (Å²) in [6, 6.07) is -1.46. The van der Waals surface area contributed by atoms with Crippen molar-refractivity contribution in [1.29, 1.82) is 0 Å². The Morgan fingerprint density at radius 2 is 0.878 bits per heavy atom. The molecule has 0 radical (unpaired) electrons. The maximum atomic E-state index is 14.0. The van der Waals surface area contributed by atoms with Gasteiger partial charge in [-0.25, -0.2) is 9.79 Å². The summed E-state index contributed by atoms with van der Waals surface area (Å²) in [7, 11) is 0. The van der Waals surface area contributed by atoms with E-state index in [1.54, 1.807) is 0 Å². The van der Waals surface area contributed by atoms with Gasteiger partial charge in [-0.3, -0.25) is 0 Å². The molecule has 15 heteroatoms. The van der Waals surface area contributed by atoms with E-state index in [4.69, 9.17) is 0 Å². The third kappa shape index (κ3) is 10.9. The molecule has 0 saturated carbocycles. The fraction of sp³-hybridized carbons (Fsp3) is 0.962. The summed E-state index contributed by atoms with van der Waals surface area (Å²) in [6.07, 6.45) is 3.57. The lowest BCUT2D eigenvalue weighted by molar-refractivity contribution is -0.440. The smallest absolute Gasteiger partial charge is 0.211 e. The number of carbonyl (C=O) groups excluding carboxylic acids is 1. The number of alkyl halides is 13. The average molecular weight is 628 g/mol. The van der Waals surface area contributed by atoms with Gasteiger partial charge < -0.3 is 0 Å². The Hall–Kier alpha value is -1.53. The normalized spacial score (nSPS) is 14.7. The Balaban J connectivity index is 4.76. The van der Waals surface area contributed by atoms with Crippen molar-refractivity contribution < 1.29 is 61.9 Å². The van der Waals surface area contributed by atoms with E-state index in [-0.39, 0.29) is 12.8 Å². The average Bonchev–Trinajstić information content (AvgIpc) is 2.86. The summed E-state index contributed by atoms with van der Waals surface area (Å²) in [5, 5.41) is 0. The third-order valence-electron chi connectivity index (χ3n) is 6.92. The Kier molecular flexibility index (Phi) is 16.3. The van der Waals surface area contributed by atoms with Crippen LogP contribution in [0.1, 0.15) is 116 Å². The molecule has 0 aliphatic carbocycles. The van der Waals surface area contributed by atoms with Crippen molar-refractivity contribution in [3.05, 3.63) is 0 Å². The van der Waals surface area contributed by atoms with Crippen LogP contribution >= 0.6 is 0 Å². The van der Waals surface area contributed by atoms with E-state index in [0.717, 1.165) is 38.2 Å². The molecule has 1 atom stereocenters. The summed E-state index contributed by atoms with van der Waals surface area (Å²) in [4.78, 5) is 13.6. The van der Waals surface area contributed by atoms with Crippen molar-refractivity contribution in [3.63, 3.8) is 0 Å². The van der Waals surface area contributed by atoms with Crippen LogP contribution in [0.2, 0.25) is 0 Å². The first kappa shape index (κ1) is 39.5. The second-order valence-corrected chi connectivity index (χ2v) is 10.3. The minimum absolute atomic E-state index is 0.159. The van der Waals surface area contributed by atoms with Crippen LogP contribution in [0.4, 0.5) is 57.1 Å². The van der Waals surface area contributed by atoms with Gasteiger partial charge >= 0.3 is 35.8 Å². The molecule has 0 N–H and O–H groups in total. The molecule has 0 aromatic rings. The zero-order valence-electron chi connectivity index (χ0n) is 22.9. The van der Waals surface area contributed by atoms with Crippen LogP contribution in [0.5, 0.6) is 0 Å². The molecular weight excluding hydrogens is 589 g/mol. The molecule has 2 nitrogen and oxygen atoms in total. The van der Waals surface area contributed by atoms with E-state index in [1.807, 2.05) is 0 Å². The number of hydrogen-bond acceptors (Lipinski definition) is 2. The highest BCUT2D eigenvalue weighted by Gasteiger charge is 2.90. The van der Waals surface area contributed by atoms with Gasteiger partial charge in [0.25, 0.3) is 0 Å². The van der Waals surface area contributed by atoms with Gasteiger partial charge in [0.1, 0.15) is 0 Å². The lowest BCUT2D eigenvalue weighted by Crippen LogP contribution is -2.70. The van der Waals surface area contributed by atoms with E-state index in [1.165, 1.54) is 38.5 Å². The van der Waals surface area contributed by atoms with Crippen LogP contribution < -0.4 is 0 Å². The number of isocyanates is 1. The molecule has 0 aromatic carbocycles. The summed E-state index contributed by atoms with van der Waals surface area (Å²) < 4.78 is 172. The Morgan fingerprint density at radius 3 is 1.24 bits per heavy atom. The van der Waals surface area contributed by atoms with Gasteiger partial charge in [-0.15, -0.1) is 0 Å². The van der Waals surface area contributed by atoms with Gasteiger partial charge in [0.05, 0.1) is 6.04 Å². The first-order valence-corrected chi connectivity index (χ1v) is 13.8. The standard InChI is InChI=1S/C26H38F13NO/c1-2-3-4-5-6-7-8-9-10-11-12-13-14-15-16-20(40-19-41)17-18-21(27,28)22(29,30)23(31,32)24(33,34)25(35,36)26(37,38)39/h20H,2-18H2,1H3. The summed E-state index contributed by atoms with van der Waals surface area (Å²) in [6.45, 7) is 2.15. The first-order chi connectivity index (χ1) is 18.7. The molecule has 0 aliphatic rings. The van der Waals surface area contributed by atoms with Crippen LogP contribution in [-0.4, -0.2) is 47.9 Å². The molecule has 0 heterocycles. The molecule has 0 saturated heterocycles. The van der Waals surface area contributed by atoms with Crippen LogP contribution in [0.3, 0.4) is 0 Å². The van der Waals surface area contributed by atoms with Crippen LogP contribution in [0, 0.1) is 0 Å². The van der Waals surface area contributed by atoms with Gasteiger partial charge in [-0.05, 0) is 12.8 Å². The van der Waals surface area contributed by atoms with Crippen molar-refractivity contribution in [2.45, 2.75) is 158 Å². The largest absolute Gasteiger partial charge is 0.460 e. The number of nitrogens with zero attached hydrogens (tertiary/aromatic N) is 1. The molecule has 0 aromatic heterocycles. The summed E-state index contributed by atoms with van der Waals surface area (Å²) >= 11 is 0. The Morgan fingerprint density at radius 1 is 0.512 bits per heavy atom. The SMILES string of the molecule is CCCCCCCCCCCCCCCCC(CCC(F)(F)C(F)(F)C(F)(F)C(F)(F)C(F)(F)C(F)(F)F)N=C=O. The lowest BCUT2D eigenvalue weighted by Gasteiger charge is -2.39. The van der Waals surface area contributed by atoms with Gasteiger partial charge in [0.15, 0.2) is 0 Å². The molecule has 0 spiro atoms. The molecule has 1 unspecified atom stereocenters. The number of rotatable bonds is 23. The van der Waals surface area contributed by atoms with Crippen LogP contribution in [0.25, 0.3) is 0 Å². The summed E-state index contributed by atoms with van der Waals surface area (Å²) in [5.74, 6) is -36.9. The molecule has 0 rings (SSSR count). The molecule has 244 valence electrons. The second-order valence-electron chi connectivity index (χ2n) is 10.3. The maximum absolute atomic E-state index is 14.0. The van der Waals surface area contributed by atoms with Gasteiger partial charge in [-0.2, -0.15) is 57.1 Å². The van der Waals surface area contributed by atoms with Crippen molar-refractivity contribution in [2.75, 3.05) is 0 Å². The van der Waals surface area contributed by atoms with Crippen molar-refractivity contribution in [3.8, 4) is 0 Å². The fourth-order valence-electron chi connectivity index (χ4n) is 4.23. The van der Waals surface area contributed by atoms with E-state index >= 15 is 0 Å². The zero-order chi connectivity index (χ0) is 32.0. The molecule has 0 bridgehead atoms. The fourth-order valence-corrected chi connectivity index (χ4v) is 4.23. The predicted octanol–water partition coefficient (Wildman–Crippen LogP) is 11.1. The number of hydrogen-bond donors (Lipinski definition) is 0. The van der Waals surface area contributed by atoms with Gasteiger partial charge in [-0.1, -0.05) is 96.8 Å². The zero-order valence-corrected chi connectivity index (χ0v) is 22.9. The topological polar surface area (TPSA) is 29.4 Å². The number of halogens is 13. The van der Waals surface area contributed by atoms with Crippen molar-refractivity contribution in [2.24, 2.45) is 4.99 Å². The quantitative estimate of drug-likeness (QED) is 0.0480. The van der Waals surface area contributed by atoms with E-state index in [2.05, 4.69) is 11.9 Å². The molecule has 0 fully saturated rings. The molecule has 0 amide bonds. The molecule has 0 aliphatic heterocycles. The second kappa shape index (κ2) is 16.9. The highest BCUT2D eigenvalue weighted by Crippen LogP contribution is 2.60. The monoisotopic (exact) mass is 627 g/mol. The highest BCUT2D eigenvalue weighted by atomic mass is 19.4. The van der Waals surface area contributed by atoms with E-state index in [9.17, 15) is 61.9 Å². The van der Waals surface area contributed by atoms with E-state index < -0.39 is 54.7 Å². The third-order valence-corrected chi connectivity index (χ3v) is 6.92. The highest BCUT2D eigenvalue weighted by molar-refractivity contribution is 5.33. The van der Waals surface area contributed by atoms with Crippen molar-refractivity contribution >= 4 is 6.08 Å². The van der Waals surface area contributed by atoms with Crippen LogP contribution in [0.15, 0.2) is 4.99 Å². The molecule has 41 heavy (non-hydrogen) atoms. The predicted molar refractivity (Wildman–Crippen MR) is 127 cm³/mol. The van der Waals surface area contributed by atoms with Crippen LogP contribution in [-0.2, 0) is 4.79 Å². The molecular formula is C26H38F13NO. The minimum atomic E-state index is -7.92. The Bertz CT molecular complexity index is 778. The maximum Gasteiger partial charge on any atom is 0.460 e. The number of aliphatic imine (C=N–C) groups is 1. The lowest BCUT2D eigenvalue weighted by atomic mass is 9.90.